The Morgan fingerprint density at radius 3 is 1.79 bits per heavy atom. The lowest BCUT2D eigenvalue weighted by atomic mass is 9.97. The Hall–Kier alpha value is -7.50. The minimum Gasteiger partial charge on any atom is -0.456 e. The van der Waals surface area contributed by atoms with Gasteiger partial charge in [-0.25, -0.2) is 9.98 Å². The van der Waals surface area contributed by atoms with Gasteiger partial charge in [-0.1, -0.05) is 164 Å². The lowest BCUT2D eigenvalue weighted by Crippen LogP contribution is -2.36. The molecule has 0 saturated heterocycles. The third-order valence-corrected chi connectivity index (χ3v) is 10.9. The van der Waals surface area contributed by atoms with Gasteiger partial charge in [-0.3, -0.25) is 0 Å². The summed E-state index contributed by atoms with van der Waals surface area (Å²) < 4.78 is 8.76. The fourth-order valence-corrected chi connectivity index (χ4v) is 8.25. The maximum absolute atomic E-state index is 6.35. The van der Waals surface area contributed by atoms with E-state index in [4.69, 9.17) is 14.4 Å². The van der Waals surface area contributed by atoms with Crippen LogP contribution >= 0.6 is 0 Å². The van der Waals surface area contributed by atoms with Crippen LogP contribution in [0.3, 0.4) is 0 Å². The standard InChI is InChI=1S/C51H34N4O/c1-4-14-33(15-5-1)34-26-28-36(29-27-34)50-52-49(35-16-6-2-7-17-35)53-51(54-50)37-30-31-39-41-22-12-23-42(48(41)55(44(39)32-37)38-18-8-3-9-19-38)40-21-13-25-46-47(40)43-20-10-11-24-45(43)56-46/h1-32,51H,(H,52,53,54). The Bertz CT molecular complexity index is 3140. The average molecular weight is 719 g/mol. The summed E-state index contributed by atoms with van der Waals surface area (Å²) >= 11 is 0. The summed E-state index contributed by atoms with van der Waals surface area (Å²) in [5.41, 5.74) is 12.7. The molecule has 0 saturated carbocycles. The molecule has 264 valence electrons. The monoisotopic (exact) mass is 718 g/mol. The highest BCUT2D eigenvalue weighted by molar-refractivity contribution is 6.19. The molecule has 0 aliphatic carbocycles. The highest BCUT2D eigenvalue weighted by Gasteiger charge is 2.24. The Balaban J connectivity index is 1.11. The predicted octanol–water partition coefficient (Wildman–Crippen LogP) is 12.5. The van der Waals surface area contributed by atoms with Gasteiger partial charge in [0.1, 0.15) is 22.8 Å². The largest absolute Gasteiger partial charge is 0.456 e. The first-order valence-electron chi connectivity index (χ1n) is 18.9. The van der Waals surface area contributed by atoms with Crippen LogP contribution in [0, 0.1) is 0 Å². The van der Waals surface area contributed by atoms with Gasteiger partial charge in [0, 0.05) is 49.5 Å². The molecule has 0 spiro atoms. The van der Waals surface area contributed by atoms with Crippen molar-refractivity contribution >= 4 is 55.4 Å². The van der Waals surface area contributed by atoms with Gasteiger partial charge < -0.3 is 14.3 Å². The summed E-state index contributed by atoms with van der Waals surface area (Å²) in [6, 6.07) is 68.0. The van der Waals surface area contributed by atoms with Crippen LogP contribution in [-0.4, -0.2) is 16.2 Å². The number of furan rings is 1. The van der Waals surface area contributed by atoms with Crippen molar-refractivity contribution in [1.82, 2.24) is 9.88 Å². The number of nitrogens with one attached hydrogen (secondary N) is 1. The number of nitrogens with zero attached hydrogens (tertiary/aromatic N) is 3. The molecule has 1 N–H and O–H groups in total. The first-order chi connectivity index (χ1) is 27.8. The van der Waals surface area contributed by atoms with Crippen LogP contribution in [0.15, 0.2) is 209 Å². The van der Waals surface area contributed by atoms with Gasteiger partial charge in [0.25, 0.3) is 0 Å². The van der Waals surface area contributed by atoms with Crippen LogP contribution in [0.2, 0.25) is 0 Å². The molecule has 0 amide bonds. The summed E-state index contributed by atoms with van der Waals surface area (Å²) in [5, 5.41) is 8.16. The van der Waals surface area contributed by atoms with E-state index in [2.05, 4.69) is 168 Å². The molecular formula is C51H34N4O. The normalized spacial score (nSPS) is 14.2. The topological polar surface area (TPSA) is 54.8 Å². The molecule has 0 bridgehead atoms. The van der Waals surface area contributed by atoms with E-state index >= 15 is 0 Å². The highest BCUT2D eigenvalue weighted by atomic mass is 16.3. The number of amidine groups is 2. The van der Waals surface area contributed by atoms with Gasteiger partial charge in [0.05, 0.1) is 11.0 Å². The lowest BCUT2D eigenvalue weighted by molar-refractivity contribution is 0.669. The molecule has 1 aliphatic heterocycles. The number of para-hydroxylation sites is 3. The Morgan fingerprint density at radius 2 is 1.02 bits per heavy atom. The molecule has 1 unspecified atom stereocenters. The van der Waals surface area contributed by atoms with Crippen molar-refractivity contribution in [3.8, 4) is 27.9 Å². The van der Waals surface area contributed by atoms with E-state index < -0.39 is 6.17 Å². The fraction of sp³-hybridized carbons (Fsp3) is 0.0196. The van der Waals surface area contributed by atoms with Crippen molar-refractivity contribution in [3.63, 3.8) is 0 Å². The summed E-state index contributed by atoms with van der Waals surface area (Å²) in [6.07, 6.45) is -0.465. The van der Waals surface area contributed by atoms with Crippen molar-refractivity contribution in [2.45, 2.75) is 6.17 Å². The highest BCUT2D eigenvalue weighted by Crippen LogP contribution is 2.43. The number of fused-ring (bicyclic) bond motifs is 6. The van der Waals surface area contributed by atoms with Crippen molar-refractivity contribution in [2.24, 2.45) is 9.98 Å². The summed E-state index contributed by atoms with van der Waals surface area (Å²) in [5.74, 6) is 1.58. The Morgan fingerprint density at radius 1 is 0.446 bits per heavy atom. The van der Waals surface area contributed by atoms with E-state index in [0.29, 0.717) is 0 Å². The number of rotatable bonds is 6. The molecule has 5 nitrogen and oxygen atoms in total. The van der Waals surface area contributed by atoms with E-state index in [1.807, 2.05) is 36.4 Å². The predicted molar refractivity (Wildman–Crippen MR) is 231 cm³/mol. The third-order valence-electron chi connectivity index (χ3n) is 10.9. The van der Waals surface area contributed by atoms with E-state index in [9.17, 15) is 0 Å². The van der Waals surface area contributed by atoms with E-state index in [1.54, 1.807) is 0 Å². The molecule has 0 radical (unpaired) electrons. The Kier molecular flexibility index (Phi) is 7.49. The number of aromatic nitrogens is 1. The van der Waals surface area contributed by atoms with E-state index in [1.165, 1.54) is 16.3 Å². The van der Waals surface area contributed by atoms with Gasteiger partial charge >= 0.3 is 0 Å². The minimum atomic E-state index is -0.465. The zero-order valence-electron chi connectivity index (χ0n) is 30.3. The van der Waals surface area contributed by atoms with Gasteiger partial charge in [0.15, 0.2) is 6.17 Å². The molecule has 5 heteroatoms. The molecule has 8 aromatic carbocycles. The molecule has 0 fully saturated rings. The van der Waals surface area contributed by atoms with Crippen LogP contribution in [0.25, 0.3) is 71.7 Å². The van der Waals surface area contributed by atoms with Gasteiger partial charge in [-0.2, -0.15) is 0 Å². The molecule has 1 aliphatic rings. The van der Waals surface area contributed by atoms with E-state index in [-0.39, 0.29) is 0 Å². The van der Waals surface area contributed by atoms with Crippen molar-refractivity contribution in [3.05, 3.63) is 211 Å². The zero-order valence-corrected chi connectivity index (χ0v) is 30.3. The first kappa shape index (κ1) is 32.0. The minimum absolute atomic E-state index is 0.465. The maximum atomic E-state index is 6.35. The quantitative estimate of drug-likeness (QED) is 0.186. The second kappa shape index (κ2) is 13.1. The van der Waals surface area contributed by atoms with Gasteiger partial charge in [0.2, 0.25) is 0 Å². The smallest absolute Gasteiger partial charge is 0.169 e. The van der Waals surface area contributed by atoms with Crippen molar-refractivity contribution in [2.75, 3.05) is 0 Å². The van der Waals surface area contributed by atoms with Crippen LogP contribution < -0.4 is 5.32 Å². The molecule has 2 aromatic heterocycles. The first-order valence-corrected chi connectivity index (χ1v) is 18.9. The van der Waals surface area contributed by atoms with Crippen LogP contribution in [0.1, 0.15) is 22.9 Å². The SMILES string of the molecule is c1ccc(C2=NC(c3ccc4c5cccc(-c6cccc7oc8ccccc8c67)c5n(-c5ccccc5)c4c3)N=C(c3ccc(-c4ccccc4)cc3)N2)cc1. The number of hydrogen-bond acceptors (Lipinski definition) is 4. The summed E-state index contributed by atoms with van der Waals surface area (Å²) in [6.45, 7) is 0. The number of benzene rings is 8. The van der Waals surface area contributed by atoms with Gasteiger partial charge in [-0.15, -0.1) is 0 Å². The second-order valence-electron chi connectivity index (χ2n) is 14.2. The van der Waals surface area contributed by atoms with Crippen LogP contribution in [0.4, 0.5) is 0 Å². The summed E-state index contributed by atoms with van der Waals surface area (Å²) in [4.78, 5) is 10.5. The van der Waals surface area contributed by atoms with E-state index in [0.717, 1.165) is 83.7 Å². The Labute approximate surface area is 323 Å². The second-order valence-corrected chi connectivity index (χ2v) is 14.2. The van der Waals surface area contributed by atoms with Gasteiger partial charge in [-0.05, 0) is 47.0 Å². The molecule has 3 heterocycles. The van der Waals surface area contributed by atoms with Crippen LogP contribution in [0.5, 0.6) is 0 Å². The average Bonchev–Trinajstić information content (AvgIpc) is 3.83. The molecule has 1 atom stereocenters. The molecular weight excluding hydrogens is 685 g/mol. The molecule has 10 aromatic rings. The lowest BCUT2D eigenvalue weighted by Gasteiger charge is -2.22. The van der Waals surface area contributed by atoms with Crippen molar-refractivity contribution < 1.29 is 4.42 Å². The third kappa shape index (κ3) is 5.32. The number of aliphatic imine (C=N–C) groups is 2. The molecule has 11 rings (SSSR count). The summed E-state index contributed by atoms with van der Waals surface area (Å²) in [7, 11) is 0. The zero-order chi connectivity index (χ0) is 37.0. The maximum Gasteiger partial charge on any atom is 0.169 e. The molecule has 56 heavy (non-hydrogen) atoms. The number of hydrogen-bond donors (Lipinski definition) is 1. The fourth-order valence-electron chi connectivity index (χ4n) is 8.25. The van der Waals surface area contributed by atoms with Crippen molar-refractivity contribution in [1.29, 1.82) is 0 Å². The van der Waals surface area contributed by atoms with Crippen LogP contribution in [-0.2, 0) is 0 Å².